The fourth-order valence-electron chi connectivity index (χ4n) is 2.58. The molecular weight excluding hydrogens is 344 g/mol. The van der Waals surface area contributed by atoms with Crippen LogP contribution in [0.1, 0.15) is 24.9 Å². The lowest BCUT2D eigenvalue weighted by Gasteiger charge is -2.19. The molecule has 1 aliphatic heterocycles. The van der Waals surface area contributed by atoms with Gasteiger partial charge in [0, 0.05) is 12.6 Å². The van der Waals surface area contributed by atoms with Gasteiger partial charge in [-0.2, -0.15) is 13.2 Å². The van der Waals surface area contributed by atoms with Crippen LogP contribution in [0, 0.1) is 5.92 Å². The van der Waals surface area contributed by atoms with Crippen LogP contribution in [0.15, 0.2) is 6.07 Å². The van der Waals surface area contributed by atoms with Crippen molar-refractivity contribution in [2.45, 2.75) is 25.6 Å². The predicted molar refractivity (Wildman–Crippen MR) is 81.4 cm³/mol. The summed E-state index contributed by atoms with van der Waals surface area (Å²) >= 11 is 13.3. The van der Waals surface area contributed by atoms with Gasteiger partial charge in [0.1, 0.15) is 0 Å². The van der Waals surface area contributed by atoms with Gasteiger partial charge in [0.15, 0.2) is 0 Å². The van der Waals surface area contributed by atoms with Crippen LogP contribution in [-0.2, 0) is 0 Å². The SMILES string of the molecule is CC(NCC1CCN(CC(F)(F)F)C1)c1cc(Cl)sc1Cl. The van der Waals surface area contributed by atoms with E-state index in [1.165, 1.54) is 16.2 Å². The summed E-state index contributed by atoms with van der Waals surface area (Å²) in [6.45, 7) is 2.83. The minimum atomic E-state index is -4.11. The van der Waals surface area contributed by atoms with Crippen LogP contribution in [0.2, 0.25) is 8.67 Å². The molecule has 1 saturated heterocycles. The molecule has 120 valence electrons. The third kappa shape index (κ3) is 5.28. The zero-order valence-electron chi connectivity index (χ0n) is 11.5. The van der Waals surface area contributed by atoms with Crippen LogP contribution in [0.4, 0.5) is 13.2 Å². The minimum Gasteiger partial charge on any atom is -0.310 e. The standard InChI is InChI=1S/C13H17Cl2F3N2S/c1-8(10-4-11(14)21-12(10)15)19-5-9-2-3-20(6-9)7-13(16,17)18/h4,8-9,19H,2-3,5-7H2,1H3. The van der Waals surface area contributed by atoms with Crippen LogP contribution >= 0.6 is 34.5 Å². The smallest absolute Gasteiger partial charge is 0.310 e. The fraction of sp³-hybridized carbons (Fsp3) is 0.692. The first-order valence-electron chi connectivity index (χ1n) is 6.72. The lowest BCUT2D eigenvalue weighted by molar-refractivity contribution is -0.143. The van der Waals surface area contributed by atoms with E-state index in [0.29, 0.717) is 28.3 Å². The Labute approximate surface area is 136 Å². The number of likely N-dealkylation sites (tertiary alicyclic amines) is 1. The summed E-state index contributed by atoms with van der Waals surface area (Å²) in [5.74, 6) is 0.239. The maximum atomic E-state index is 12.3. The van der Waals surface area contributed by atoms with Crippen molar-refractivity contribution in [1.82, 2.24) is 10.2 Å². The van der Waals surface area contributed by atoms with Gasteiger partial charge in [-0.15, -0.1) is 11.3 Å². The summed E-state index contributed by atoms with van der Waals surface area (Å²) in [7, 11) is 0. The Balaban J connectivity index is 1.78. The van der Waals surface area contributed by atoms with Crippen molar-refractivity contribution in [2.75, 3.05) is 26.2 Å². The Kier molecular flexibility index (Phi) is 5.82. The number of thiophene rings is 1. The van der Waals surface area contributed by atoms with E-state index in [4.69, 9.17) is 23.2 Å². The number of hydrogen-bond acceptors (Lipinski definition) is 3. The van der Waals surface area contributed by atoms with E-state index in [1.54, 1.807) is 0 Å². The van der Waals surface area contributed by atoms with Gasteiger partial charge in [0.05, 0.1) is 15.2 Å². The monoisotopic (exact) mass is 360 g/mol. The highest BCUT2D eigenvalue weighted by atomic mass is 35.5. The van der Waals surface area contributed by atoms with Crippen LogP contribution in [-0.4, -0.2) is 37.3 Å². The topological polar surface area (TPSA) is 15.3 Å². The van der Waals surface area contributed by atoms with E-state index >= 15 is 0 Å². The third-order valence-corrected chi connectivity index (χ3v) is 5.15. The van der Waals surface area contributed by atoms with Crippen LogP contribution in [0.3, 0.4) is 0 Å². The molecule has 0 spiro atoms. The second kappa shape index (κ2) is 7.04. The molecule has 1 N–H and O–H groups in total. The highest BCUT2D eigenvalue weighted by Crippen LogP contribution is 2.35. The third-order valence-electron chi connectivity index (χ3n) is 3.64. The first-order chi connectivity index (χ1) is 9.74. The molecule has 2 nitrogen and oxygen atoms in total. The van der Waals surface area contributed by atoms with Crippen molar-refractivity contribution in [1.29, 1.82) is 0 Å². The zero-order valence-corrected chi connectivity index (χ0v) is 13.8. The number of alkyl halides is 3. The molecule has 0 aromatic carbocycles. The van der Waals surface area contributed by atoms with E-state index in [0.717, 1.165) is 12.0 Å². The largest absolute Gasteiger partial charge is 0.401 e. The molecule has 21 heavy (non-hydrogen) atoms. The second-order valence-electron chi connectivity index (χ2n) is 5.41. The van der Waals surface area contributed by atoms with Gasteiger partial charge >= 0.3 is 6.18 Å². The summed E-state index contributed by atoms with van der Waals surface area (Å²) in [4.78, 5) is 1.46. The Morgan fingerprint density at radius 3 is 2.76 bits per heavy atom. The maximum absolute atomic E-state index is 12.3. The molecule has 0 amide bonds. The zero-order chi connectivity index (χ0) is 15.6. The van der Waals surface area contributed by atoms with E-state index in [1.807, 2.05) is 13.0 Å². The normalized spacial score (nSPS) is 21.9. The molecule has 2 rings (SSSR count). The molecule has 1 aromatic rings. The van der Waals surface area contributed by atoms with Crippen LogP contribution < -0.4 is 5.32 Å². The highest BCUT2D eigenvalue weighted by molar-refractivity contribution is 7.20. The van der Waals surface area contributed by atoms with E-state index in [9.17, 15) is 13.2 Å². The summed E-state index contributed by atoms with van der Waals surface area (Å²) < 4.78 is 38.3. The van der Waals surface area contributed by atoms with Gasteiger partial charge < -0.3 is 5.32 Å². The second-order valence-corrected chi connectivity index (χ2v) is 7.70. The predicted octanol–water partition coefficient (Wildman–Crippen LogP) is 4.59. The number of rotatable bonds is 5. The minimum absolute atomic E-state index is 0.0397. The molecule has 2 heterocycles. The Morgan fingerprint density at radius 1 is 1.48 bits per heavy atom. The Hall–Kier alpha value is -0.0100. The molecule has 8 heteroatoms. The number of hydrogen-bond donors (Lipinski definition) is 1. The maximum Gasteiger partial charge on any atom is 0.401 e. The molecule has 0 saturated carbocycles. The van der Waals surface area contributed by atoms with Crippen LogP contribution in [0.25, 0.3) is 0 Å². The van der Waals surface area contributed by atoms with E-state index in [2.05, 4.69) is 5.32 Å². The quantitative estimate of drug-likeness (QED) is 0.825. The van der Waals surface area contributed by atoms with Gasteiger partial charge in [-0.1, -0.05) is 23.2 Å². The molecule has 0 bridgehead atoms. The van der Waals surface area contributed by atoms with Gasteiger partial charge in [-0.05, 0) is 44.0 Å². The summed E-state index contributed by atoms with van der Waals surface area (Å²) in [6, 6.07) is 1.87. The van der Waals surface area contributed by atoms with Crippen LogP contribution in [0.5, 0.6) is 0 Å². The van der Waals surface area contributed by atoms with Crippen molar-refractivity contribution >= 4 is 34.5 Å². The van der Waals surface area contributed by atoms with E-state index < -0.39 is 12.7 Å². The van der Waals surface area contributed by atoms with Gasteiger partial charge in [0.25, 0.3) is 0 Å². The molecule has 2 unspecified atom stereocenters. The first kappa shape index (κ1) is 17.3. The average Bonchev–Trinajstić information content (AvgIpc) is 2.91. The summed E-state index contributed by atoms with van der Waals surface area (Å²) in [5.41, 5.74) is 0.941. The summed E-state index contributed by atoms with van der Waals surface area (Å²) in [6.07, 6.45) is -3.33. The highest BCUT2D eigenvalue weighted by Gasteiger charge is 2.34. The Morgan fingerprint density at radius 2 is 2.19 bits per heavy atom. The average molecular weight is 361 g/mol. The molecule has 2 atom stereocenters. The van der Waals surface area contributed by atoms with Crippen molar-refractivity contribution < 1.29 is 13.2 Å². The van der Waals surface area contributed by atoms with Crippen molar-refractivity contribution in [2.24, 2.45) is 5.92 Å². The fourth-order valence-corrected chi connectivity index (χ4v) is 4.22. The van der Waals surface area contributed by atoms with Crippen molar-refractivity contribution in [3.63, 3.8) is 0 Å². The molecule has 1 fully saturated rings. The molecule has 0 radical (unpaired) electrons. The molecule has 1 aliphatic rings. The lowest BCUT2D eigenvalue weighted by atomic mass is 10.1. The van der Waals surface area contributed by atoms with Crippen molar-refractivity contribution in [3.8, 4) is 0 Å². The molecule has 1 aromatic heterocycles. The summed E-state index contributed by atoms with van der Waals surface area (Å²) in [5, 5.41) is 3.33. The Bertz CT molecular complexity index is 478. The van der Waals surface area contributed by atoms with Gasteiger partial charge in [-0.25, -0.2) is 0 Å². The van der Waals surface area contributed by atoms with Gasteiger partial charge in [-0.3, -0.25) is 4.90 Å². The number of nitrogens with one attached hydrogen (secondary N) is 1. The van der Waals surface area contributed by atoms with Crippen molar-refractivity contribution in [3.05, 3.63) is 20.3 Å². The van der Waals surface area contributed by atoms with Gasteiger partial charge in [0.2, 0.25) is 0 Å². The molecule has 0 aliphatic carbocycles. The van der Waals surface area contributed by atoms with E-state index in [-0.39, 0.29) is 12.0 Å². The number of halogens is 5. The first-order valence-corrected chi connectivity index (χ1v) is 8.29. The number of nitrogens with zero attached hydrogens (tertiary/aromatic N) is 1. The lowest BCUT2D eigenvalue weighted by Crippen LogP contribution is -2.34. The molecular formula is C13H17Cl2F3N2S.